The summed E-state index contributed by atoms with van der Waals surface area (Å²) in [7, 11) is 0.474. The minimum atomic E-state index is -4.04. The SMILES string of the molecule is C=C(OC)/C(=C(\CC)OC)n1c(NS(=O)(=O)[C@@H](C)CN2C(=O)CCC[C@@H]2COC)nnc1-c1ccc(C)o1. The molecular weight excluding hydrogens is 514 g/mol. The quantitative estimate of drug-likeness (QED) is 0.293. The first-order chi connectivity index (χ1) is 18.1. The van der Waals surface area contributed by atoms with Crippen molar-refractivity contribution in [1.82, 2.24) is 19.7 Å². The normalized spacial score (nSPS) is 17.7. The number of carbonyl (C=O) groups excluding carboxylic acids is 1. The van der Waals surface area contributed by atoms with Crippen LogP contribution in [-0.2, 0) is 29.0 Å². The van der Waals surface area contributed by atoms with Crippen LogP contribution >= 0.6 is 0 Å². The molecule has 2 aromatic heterocycles. The van der Waals surface area contributed by atoms with Crippen LogP contribution in [0.5, 0.6) is 0 Å². The average molecular weight is 552 g/mol. The highest BCUT2D eigenvalue weighted by atomic mass is 32.2. The Morgan fingerprint density at radius 3 is 2.58 bits per heavy atom. The molecular formula is C25H37N5O7S. The number of anilines is 1. The van der Waals surface area contributed by atoms with E-state index < -0.39 is 15.3 Å². The van der Waals surface area contributed by atoms with Crippen LogP contribution in [0.3, 0.4) is 0 Å². The van der Waals surface area contributed by atoms with E-state index in [1.54, 1.807) is 38.0 Å². The number of amides is 1. The lowest BCUT2D eigenvalue weighted by Gasteiger charge is -2.36. The molecule has 13 heteroatoms. The van der Waals surface area contributed by atoms with E-state index in [1.165, 1.54) is 18.8 Å². The summed E-state index contributed by atoms with van der Waals surface area (Å²) in [6.45, 7) is 9.52. The maximum Gasteiger partial charge on any atom is 0.243 e. The Labute approximate surface area is 223 Å². The smallest absolute Gasteiger partial charge is 0.243 e. The second kappa shape index (κ2) is 12.5. The zero-order valence-corrected chi connectivity index (χ0v) is 23.6. The maximum absolute atomic E-state index is 13.5. The first-order valence-corrected chi connectivity index (χ1v) is 14.0. The molecule has 0 saturated carbocycles. The molecule has 0 unspecified atom stereocenters. The summed E-state index contributed by atoms with van der Waals surface area (Å²) in [6.07, 6.45) is 2.33. The van der Waals surface area contributed by atoms with Gasteiger partial charge in [-0.3, -0.25) is 14.1 Å². The number of allylic oxidation sites excluding steroid dienone is 2. The minimum Gasteiger partial charge on any atom is -0.499 e. The third-order valence-corrected chi connectivity index (χ3v) is 8.13. The molecule has 1 fully saturated rings. The molecule has 38 heavy (non-hydrogen) atoms. The van der Waals surface area contributed by atoms with Gasteiger partial charge in [0.15, 0.2) is 5.76 Å². The Bertz CT molecular complexity index is 1270. The standard InChI is InChI=1S/C25H37N5O7S/c1-8-20(36-7)23(18(4)35-6)30-24(21-13-12-16(2)37-21)26-27-25(30)28-38(32,33)17(3)14-29-19(15-34-5)10-9-11-22(29)31/h12-13,17,19H,4,8-11,14-15H2,1-3,5-7H3,(H,27,28)/b23-20-/t17-,19+/m0/s1. The zero-order chi connectivity index (χ0) is 28.0. The molecule has 0 spiro atoms. The fourth-order valence-corrected chi connectivity index (χ4v) is 5.34. The molecule has 12 nitrogen and oxygen atoms in total. The van der Waals surface area contributed by atoms with Crippen molar-refractivity contribution in [2.75, 3.05) is 39.2 Å². The van der Waals surface area contributed by atoms with Crippen LogP contribution in [0, 0.1) is 6.92 Å². The van der Waals surface area contributed by atoms with E-state index >= 15 is 0 Å². The van der Waals surface area contributed by atoms with Gasteiger partial charge in [0.2, 0.25) is 27.7 Å². The van der Waals surface area contributed by atoms with Gasteiger partial charge in [0.05, 0.1) is 32.1 Å². The van der Waals surface area contributed by atoms with Gasteiger partial charge in [0.25, 0.3) is 0 Å². The number of hydrogen-bond donors (Lipinski definition) is 1. The van der Waals surface area contributed by atoms with Gasteiger partial charge in [-0.2, -0.15) is 0 Å². The second-order valence-corrected chi connectivity index (χ2v) is 11.2. The Balaban J connectivity index is 2.04. The van der Waals surface area contributed by atoms with Crippen molar-refractivity contribution in [3.05, 3.63) is 36.0 Å². The predicted octanol–water partition coefficient (Wildman–Crippen LogP) is 3.39. The topological polar surface area (TPSA) is 138 Å². The Morgan fingerprint density at radius 2 is 2.00 bits per heavy atom. The van der Waals surface area contributed by atoms with Crippen molar-refractivity contribution in [2.24, 2.45) is 0 Å². The average Bonchev–Trinajstić information content (AvgIpc) is 3.49. The molecule has 1 saturated heterocycles. The van der Waals surface area contributed by atoms with Gasteiger partial charge in [0, 0.05) is 26.5 Å². The fraction of sp³-hybridized carbons (Fsp3) is 0.560. The number of piperidine rings is 1. The van der Waals surface area contributed by atoms with Gasteiger partial charge >= 0.3 is 0 Å². The number of sulfonamides is 1. The lowest BCUT2D eigenvalue weighted by molar-refractivity contribution is -0.137. The molecule has 210 valence electrons. The van der Waals surface area contributed by atoms with Crippen molar-refractivity contribution in [2.45, 2.75) is 57.7 Å². The van der Waals surface area contributed by atoms with E-state index in [1.807, 2.05) is 6.92 Å². The number of hydrogen-bond acceptors (Lipinski definition) is 9. The number of likely N-dealkylation sites (tertiary alicyclic amines) is 1. The molecule has 1 N–H and O–H groups in total. The largest absolute Gasteiger partial charge is 0.499 e. The summed E-state index contributed by atoms with van der Waals surface area (Å²) in [5.74, 6) is 1.72. The summed E-state index contributed by atoms with van der Waals surface area (Å²) in [6, 6.07) is 3.29. The van der Waals surface area contributed by atoms with E-state index in [-0.39, 0.29) is 36.0 Å². The lowest BCUT2D eigenvalue weighted by atomic mass is 10.0. The molecule has 3 rings (SSSR count). The van der Waals surface area contributed by atoms with E-state index in [2.05, 4.69) is 21.5 Å². The number of ether oxygens (including phenoxy) is 3. The van der Waals surface area contributed by atoms with E-state index in [9.17, 15) is 13.2 Å². The highest BCUT2D eigenvalue weighted by Crippen LogP contribution is 2.33. The van der Waals surface area contributed by atoms with Crippen LogP contribution in [0.2, 0.25) is 0 Å². The first kappa shape index (κ1) is 29.2. The number of methoxy groups -OCH3 is 3. The number of aromatic nitrogens is 3. The summed E-state index contributed by atoms with van der Waals surface area (Å²) >= 11 is 0. The number of nitrogens with zero attached hydrogens (tertiary/aromatic N) is 4. The second-order valence-electron chi connectivity index (χ2n) is 9.05. The summed E-state index contributed by atoms with van der Waals surface area (Å²) in [5, 5.41) is 7.40. The van der Waals surface area contributed by atoms with Gasteiger partial charge < -0.3 is 23.5 Å². The van der Waals surface area contributed by atoms with Crippen LogP contribution in [0.15, 0.2) is 34.6 Å². The minimum absolute atomic E-state index is 0.00627. The summed E-state index contributed by atoms with van der Waals surface area (Å²) in [4.78, 5) is 14.2. The van der Waals surface area contributed by atoms with Crippen molar-refractivity contribution in [3.63, 3.8) is 0 Å². The molecule has 0 aliphatic carbocycles. The van der Waals surface area contributed by atoms with Crippen molar-refractivity contribution in [1.29, 1.82) is 0 Å². The summed E-state index contributed by atoms with van der Waals surface area (Å²) < 4.78 is 53.1. The highest BCUT2D eigenvalue weighted by molar-refractivity contribution is 7.93. The van der Waals surface area contributed by atoms with Crippen molar-refractivity contribution in [3.8, 4) is 11.6 Å². The van der Waals surface area contributed by atoms with Gasteiger partial charge in [-0.25, -0.2) is 8.42 Å². The van der Waals surface area contributed by atoms with E-state index in [4.69, 9.17) is 18.6 Å². The maximum atomic E-state index is 13.5. The zero-order valence-electron chi connectivity index (χ0n) is 22.8. The molecule has 2 atom stereocenters. The van der Waals surface area contributed by atoms with Crippen LogP contribution in [0.1, 0.15) is 45.3 Å². The van der Waals surface area contributed by atoms with Crippen molar-refractivity contribution >= 4 is 27.6 Å². The third-order valence-electron chi connectivity index (χ3n) is 6.45. The van der Waals surface area contributed by atoms with E-state index in [0.29, 0.717) is 42.4 Å². The highest BCUT2D eigenvalue weighted by Gasteiger charge is 2.34. The Morgan fingerprint density at radius 1 is 1.26 bits per heavy atom. The fourth-order valence-electron chi connectivity index (χ4n) is 4.40. The van der Waals surface area contributed by atoms with Gasteiger partial charge in [-0.05, 0) is 38.8 Å². The molecule has 0 bridgehead atoms. The molecule has 0 aromatic carbocycles. The molecule has 3 heterocycles. The predicted molar refractivity (Wildman–Crippen MR) is 142 cm³/mol. The Kier molecular flexibility index (Phi) is 9.60. The molecule has 2 aromatic rings. The van der Waals surface area contributed by atoms with Crippen molar-refractivity contribution < 1.29 is 31.8 Å². The third kappa shape index (κ3) is 6.21. The number of furan rings is 1. The van der Waals surface area contributed by atoms with Crippen LogP contribution < -0.4 is 4.72 Å². The van der Waals surface area contributed by atoms with Gasteiger partial charge in [0.1, 0.15) is 23.0 Å². The summed E-state index contributed by atoms with van der Waals surface area (Å²) in [5.41, 5.74) is 0.336. The van der Waals surface area contributed by atoms with Crippen LogP contribution in [-0.4, -0.2) is 79.8 Å². The van der Waals surface area contributed by atoms with Gasteiger partial charge in [-0.15, -0.1) is 10.2 Å². The Hall–Kier alpha value is -3.32. The molecule has 1 aliphatic rings. The van der Waals surface area contributed by atoms with E-state index in [0.717, 1.165) is 12.8 Å². The lowest BCUT2D eigenvalue weighted by Crippen LogP contribution is -2.50. The number of nitrogens with one attached hydrogen (secondary N) is 1. The van der Waals surface area contributed by atoms with Gasteiger partial charge in [-0.1, -0.05) is 13.5 Å². The van der Waals surface area contributed by atoms with Crippen LogP contribution in [0.25, 0.3) is 17.3 Å². The molecule has 0 radical (unpaired) electrons. The molecule has 1 aliphatic heterocycles. The first-order valence-electron chi connectivity index (χ1n) is 12.4. The van der Waals surface area contributed by atoms with Crippen LogP contribution in [0.4, 0.5) is 5.95 Å². The molecule has 1 amide bonds. The monoisotopic (exact) mass is 551 g/mol. The number of aryl methyl sites for hydroxylation is 1. The number of carbonyl (C=O) groups is 1. The number of rotatable bonds is 13.